The van der Waals surface area contributed by atoms with Gasteiger partial charge < -0.3 is 15.3 Å². The predicted molar refractivity (Wildman–Crippen MR) is 89.7 cm³/mol. The first-order valence-corrected chi connectivity index (χ1v) is 9.60. The Kier molecular flexibility index (Phi) is 3.22. The van der Waals surface area contributed by atoms with Gasteiger partial charge in [-0.15, -0.1) is 0 Å². The molecule has 4 fully saturated rings. The molecule has 23 heavy (non-hydrogen) atoms. The van der Waals surface area contributed by atoms with Crippen molar-refractivity contribution in [1.29, 1.82) is 0 Å². The van der Waals surface area contributed by atoms with Crippen LogP contribution in [0.25, 0.3) is 0 Å². The van der Waals surface area contributed by atoms with E-state index < -0.39 is 5.60 Å². The summed E-state index contributed by atoms with van der Waals surface area (Å²) in [4.78, 5) is 0. The molecule has 0 aromatic rings. The van der Waals surface area contributed by atoms with Gasteiger partial charge in [0.05, 0.1) is 17.8 Å². The van der Waals surface area contributed by atoms with Crippen LogP contribution in [0.5, 0.6) is 0 Å². The van der Waals surface area contributed by atoms with Gasteiger partial charge in [-0.25, -0.2) is 0 Å². The van der Waals surface area contributed by atoms with Crippen LogP contribution >= 0.6 is 0 Å². The molecule has 3 N–H and O–H groups in total. The highest BCUT2D eigenvalue weighted by Crippen LogP contribution is 2.75. The molecule has 0 saturated heterocycles. The maximum atomic E-state index is 11.0. The van der Waals surface area contributed by atoms with E-state index in [4.69, 9.17) is 0 Å². The Balaban J connectivity index is 1.81. The Morgan fingerprint density at radius 1 is 0.870 bits per heavy atom. The summed E-state index contributed by atoms with van der Waals surface area (Å²) in [7, 11) is 0. The smallest absolute Gasteiger partial charge is 0.0648 e. The van der Waals surface area contributed by atoms with E-state index in [2.05, 4.69) is 20.8 Å². The van der Waals surface area contributed by atoms with Crippen LogP contribution in [0, 0.1) is 34.0 Å². The van der Waals surface area contributed by atoms with Gasteiger partial charge in [-0.05, 0) is 85.9 Å². The minimum atomic E-state index is -0.572. The van der Waals surface area contributed by atoms with Gasteiger partial charge in [0.2, 0.25) is 0 Å². The van der Waals surface area contributed by atoms with Crippen molar-refractivity contribution in [2.45, 2.75) is 90.4 Å². The molecule has 4 aliphatic rings. The van der Waals surface area contributed by atoms with Crippen molar-refractivity contribution in [1.82, 2.24) is 0 Å². The zero-order valence-electron chi connectivity index (χ0n) is 15.2. The zero-order chi connectivity index (χ0) is 16.8. The van der Waals surface area contributed by atoms with Crippen LogP contribution in [0.1, 0.15) is 72.6 Å². The van der Waals surface area contributed by atoms with E-state index in [0.717, 1.165) is 44.9 Å². The van der Waals surface area contributed by atoms with E-state index in [-0.39, 0.29) is 28.5 Å². The Bertz CT molecular complexity index is 513. The summed E-state index contributed by atoms with van der Waals surface area (Å²) in [6, 6.07) is 0. The molecule has 1 spiro atoms. The lowest BCUT2D eigenvalue weighted by Gasteiger charge is -2.67. The number of aliphatic hydroxyl groups is 3. The van der Waals surface area contributed by atoms with Crippen molar-refractivity contribution < 1.29 is 15.3 Å². The lowest BCUT2D eigenvalue weighted by atomic mass is 9.39. The predicted octanol–water partition coefficient (Wildman–Crippen LogP) is 3.11. The lowest BCUT2D eigenvalue weighted by Crippen LogP contribution is -2.63. The molecule has 4 rings (SSSR count). The first kappa shape index (κ1) is 16.4. The summed E-state index contributed by atoms with van der Waals surface area (Å²) < 4.78 is 0. The highest BCUT2D eigenvalue weighted by Gasteiger charge is 2.71. The third-order valence-corrected chi connectivity index (χ3v) is 9.03. The molecule has 132 valence electrons. The van der Waals surface area contributed by atoms with Gasteiger partial charge in [0.15, 0.2) is 0 Å². The Morgan fingerprint density at radius 3 is 2.26 bits per heavy atom. The van der Waals surface area contributed by atoms with Crippen molar-refractivity contribution in [2.75, 3.05) is 0 Å². The van der Waals surface area contributed by atoms with Crippen molar-refractivity contribution in [3.05, 3.63) is 0 Å². The van der Waals surface area contributed by atoms with Gasteiger partial charge >= 0.3 is 0 Å². The van der Waals surface area contributed by atoms with Crippen LogP contribution in [0.15, 0.2) is 0 Å². The van der Waals surface area contributed by atoms with E-state index in [1.54, 1.807) is 0 Å². The highest BCUT2D eigenvalue weighted by molar-refractivity contribution is 5.20. The maximum absolute atomic E-state index is 11.0. The molecule has 0 aromatic heterocycles. The topological polar surface area (TPSA) is 60.7 Å². The van der Waals surface area contributed by atoms with Gasteiger partial charge in [0, 0.05) is 0 Å². The van der Waals surface area contributed by atoms with Crippen LogP contribution in [0.3, 0.4) is 0 Å². The van der Waals surface area contributed by atoms with Crippen LogP contribution in [0.4, 0.5) is 0 Å². The first-order valence-electron chi connectivity index (χ1n) is 9.60. The van der Waals surface area contributed by atoms with E-state index in [1.165, 1.54) is 0 Å². The van der Waals surface area contributed by atoms with Crippen molar-refractivity contribution in [3.8, 4) is 0 Å². The number of fused-ring (bicyclic) bond motifs is 2. The zero-order valence-corrected chi connectivity index (χ0v) is 15.2. The fourth-order valence-electron chi connectivity index (χ4n) is 7.97. The second kappa shape index (κ2) is 4.53. The average molecular weight is 322 g/mol. The molecular weight excluding hydrogens is 288 g/mol. The first-order chi connectivity index (χ1) is 10.5. The van der Waals surface area contributed by atoms with Crippen LogP contribution in [-0.2, 0) is 0 Å². The van der Waals surface area contributed by atoms with Crippen molar-refractivity contribution >= 4 is 0 Å². The molecule has 0 aliphatic heterocycles. The number of rotatable bonds is 0. The molecule has 4 saturated carbocycles. The maximum Gasteiger partial charge on any atom is 0.0648 e. The van der Waals surface area contributed by atoms with E-state index in [0.29, 0.717) is 17.8 Å². The minimum absolute atomic E-state index is 0.0746. The quantitative estimate of drug-likeness (QED) is 0.642. The Morgan fingerprint density at radius 2 is 1.57 bits per heavy atom. The second-order valence-electron chi connectivity index (χ2n) is 10.6. The van der Waals surface area contributed by atoms with Crippen molar-refractivity contribution in [2.24, 2.45) is 34.0 Å². The molecule has 3 heteroatoms. The standard InChI is InChI=1S/C20H34O3/c1-17(2)10-13(21)11-18(3)16(17)8-15(22)14-7-12-9-20(14,18)6-5-19(12,4)23/h12-16,21-23H,5-11H2,1-4H3/t12-,13+,14+,15-,16-,18-,19-,20+/m0/s1. The minimum Gasteiger partial charge on any atom is -0.393 e. The largest absolute Gasteiger partial charge is 0.393 e. The van der Waals surface area contributed by atoms with E-state index in [9.17, 15) is 15.3 Å². The summed E-state index contributed by atoms with van der Waals surface area (Å²) in [5.41, 5.74) is -0.299. The van der Waals surface area contributed by atoms with Gasteiger partial charge in [-0.2, -0.15) is 0 Å². The van der Waals surface area contributed by atoms with Gasteiger partial charge in [0.1, 0.15) is 0 Å². The fraction of sp³-hybridized carbons (Fsp3) is 1.00. The van der Waals surface area contributed by atoms with E-state index >= 15 is 0 Å². The molecule has 0 radical (unpaired) electrons. The summed E-state index contributed by atoms with van der Waals surface area (Å²) in [6.45, 7) is 8.97. The van der Waals surface area contributed by atoms with Gasteiger partial charge in [-0.1, -0.05) is 20.8 Å². The third-order valence-electron chi connectivity index (χ3n) is 9.03. The molecule has 8 atom stereocenters. The highest BCUT2D eigenvalue weighted by atomic mass is 16.3. The Labute approximate surface area is 140 Å². The summed E-state index contributed by atoms with van der Waals surface area (Å²) in [6.07, 6.45) is 6.00. The molecule has 0 aromatic carbocycles. The summed E-state index contributed by atoms with van der Waals surface area (Å²) >= 11 is 0. The summed E-state index contributed by atoms with van der Waals surface area (Å²) in [5, 5.41) is 32.4. The van der Waals surface area contributed by atoms with Gasteiger partial charge in [-0.3, -0.25) is 0 Å². The van der Waals surface area contributed by atoms with Crippen LogP contribution in [0.2, 0.25) is 0 Å². The fourth-order valence-corrected chi connectivity index (χ4v) is 7.97. The monoisotopic (exact) mass is 322 g/mol. The van der Waals surface area contributed by atoms with Crippen LogP contribution < -0.4 is 0 Å². The number of aliphatic hydroxyl groups excluding tert-OH is 2. The molecule has 3 nitrogen and oxygen atoms in total. The third kappa shape index (κ3) is 1.93. The SMILES string of the molecule is CC1(C)C[C@@H](O)C[C@@]2(C)[C@H]1C[C@H](O)[C@H]1C[C@H]3C[C@]12CC[C@]3(C)O. The molecule has 0 heterocycles. The van der Waals surface area contributed by atoms with Crippen LogP contribution in [-0.4, -0.2) is 33.1 Å². The van der Waals surface area contributed by atoms with Crippen molar-refractivity contribution in [3.63, 3.8) is 0 Å². The molecule has 4 aliphatic carbocycles. The number of hydrogen-bond donors (Lipinski definition) is 3. The molecule has 0 amide bonds. The molecular formula is C20H34O3. The lowest BCUT2D eigenvalue weighted by molar-refractivity contribution is -0.219. The normalized spacial score (nSPS) is 60.9. The second-order valence-corrected chi connectivity index (χ2v) is 10.6. The number of hydrogen-bond acceptors (Lipinski definition) is 3. The summed E-state index contributed by atoms with van der Waals surface area (Å²) in [5.74, 6) is 1.09. The molecule has 2 bridgehead atoms. The Hall–Kier alpha value is -0.120. The van der Waals surface area contributed by atoms with Gasteiger partial charge in [0.25, 0.3) is 0 Å². The molecule has 0 unspecified atom stereocenters. The average Bonchev–Trinajstić information content (AvgIpc) is 2.77. The van der Waals surface area contributed by atoms with E-state index in [1.807, 2.05) is 6.92 Å².